The minimum Gasteiger partial charge on any atom is -0.505 e. The maximum Gasteiger partial charge on any atom is 0.420 e. The third-order valence-corrected chi connectivity index (χ3v) is 24.4. The fourth-order valence-corrected chi connectivity index (χ4v) is 17.4. The van der Waals surface area contributed by atoms with Crippen LogP contribution >= 0.6 is 65.9 Å². The van der Waals surface area contributed by atoms with Gasteiger partial charge in [-0.1, -0.05) is 54.6 Å². The number of phenolic OH excluding ortho intramolecular Hbond substituents is 2. The van der Waals surface area contributed by atoms with Gasteiger partial charge in [-0.3, -0.25) is 19.2 Å². The van der Waals surface area contributed by atoms with E-state index < -0.39 is 110 Å². The summed E-state index contributed by atoms with van der Waals surface area (Å²) in [7, 11) is 4.01. The van der Waals surface area contributed by atoms with Gasteiger partial charge >= 0.3 is 24.4 Å². The predicted octanol–water partition coefficient (Wildman–Crippen LogP) is 26.2. The van der Waals surface area contributed by atoms with E-state index in [1.165, 1.54) is 151 Å². The fourth-order valence-electron chi connectivity index (χ4n) is 14.6. The van der Waals surface area contributed by atoms with Crippen molar-refractivity contribution in [2.75, 3.05) is 21.3 Å². The molecule has 0 saturated heterocycles. The molecule has 0 atom stereocenters. The molecule has 18 rings (SSSR count). The summed E-state index contributed by atoms with van der Waals surface area (Å²) in [6.45, 7) is 21.0. The van der Waals surface area contributed by atoms with Gasteiger partial charge in [-0.15, -0.1) is 34.0 Å². The average Bonchev–Trinajstić information content (AvgIpc) is 1.61. The zero-order valence-corrected chi connectivity index (χ0v) is 84.3. The lowest BCUT2D eigenvalue weighted by Gasteiger charge is -2.19. The number of aromatic hydroxyl groups is 2. The van der Waals surface area contributed by atoms with Gasteiger partial charge in [0.1, 0.15) is 50.6 Å². The van der Waals surface area contributed by atoms with Gasteiger partial charge in [-0.05, 0) is 245 Å². The number of fused-ring (bicyclic) bond motifs is 5. The first-order valence-corrected chi connectivity index (χ1v) is 47.5. The number of phenols is 2. The zero-order valence-electron chi connectivity index (χ0n) is 78.6. The SMILES string of the molecule is CC(C)(C)OC(=O)n1cc(C(=O)c2cccc(O)c2F)c2cc(-c3cccs3)cnc21.CC(C)(C)OC(=O)n1cc(Cc2cccc(O)c2F)c2cc(-c3cccs3)cnc21.COc1cccc(C(=O)c2c[nH]c3ncc(Br)cc23)c1F.COc1cccc(C(=O)c2cn(C(=O)OC(C)(C)C)c3ncc(-c4cccs4)cc23)c1F.COc1cccc(C(=O)c2cn(C(=O)OC(C)(C)C)c3ncc(Br)cc23)c1F. The van der Waals surface area contributed by atoms with Crippen LogP contribution in [-0.2, 0) is 25.4 Å². The van der Waals surface area contributed by atoms with E-state index in [4.69, 9.17) is 33.2 Å². The van der Waals surface area contributed by atoms with E-state index >= 15 is 0 Å². The van der Waals surface area contributed by atoms with Crippen molar-refractivity contribution in [1.82, 2.24) is 48.2 Å². The molecule has 0 aliphatic carbocycles. The summed E-state index contributed by atoms with van der Waals surface area (Å²) in [4.78, 5) is 131. The van der Waals surface area contributed by atoms with E-state index in [1.54, 1.807) is 168 Å². The zero-order chi connectivity index (χ0) is 102. The maximum absolute atomic E-state index is 14.8. The van der Waals surface area contributed by atoms with Gasteiger partial charge < -0.3 is 48.4 Å². The van der Waals surface area contributed by atoms with Crippen molar-refractivity contribution < 1.29 is 104 Å². The second kappa shape index (κ2) is 42.5. The standard InChI is InChI=1S/C24H21FN2O4S.C23H19FN2O4S.C23H21FN2O3S.C20H18BrFN2O4.C15H10BrFN2O2/c1-24(2,3)31-23(29)27-13-17(21(28)15-7-5-8-18(30-4)20(15)25)16-11-14(12-26-22(16)27)19-9-6-10-32-19;1-23(2,3)30-22(29)26-12-16(20(28)14-6-4-7-17(27)19(14)24)15-10-13(11-25-21(15)26)18-8-5-9-31-18;1-23(2,3)29-22(28)26-13-16(10-14-6-4-7-18(27)20(14)24)17-11-15(12-25-21(17)26)19-8-5-9-30-19;1-20(2,3)28-19(26)24-10-14(13-8-11(21)9-23-18(13)24)17(25)12-6-5-7-15(27-4)16(12)22;1-21-12-4-2-3-9(13(12)17)14(20)11-7-19-15-10(11)5-8(16)6-18-15/h5-13H,1-4H3;4-12,27H,1-3H3;4-9,11-13,27H,10H2,1-3H3;5-10H,1-4H3;2-7H,1H3,(H,18,19). The Hall–Kier alpha value is -15.2. The number of nitrogens with zero attached hydrogens (tertiary/aromatic N) is 9. The van der Waals surface area contributed by atoms with Gasteiger partial charge in [0.2, 0.25) is 0 Å². The molecular weight excluding hydrogens is 2020 g/mol. The summed E-state index contributed by atoms with van der Waals surface area (Å²) < 4.78 is 115. The van der Waals surface area contributed by atoms with E-state index in [0.717, 1.165) is 56.4 Å². The summed E-state index contributed by atoms with van der Waals surface area (Å²) in [6, 6.07) is 42.0. The molecule has 5 aromatic carbocycles. The summed E-state index contributed by atoms with van der Waals surface area (Å²) in [5, 5.41) is 27.8. The molecule has 13 heterocycles. The number of aromatic nitrogens is 10. The lowest BCUT2D eigenvalue weighted by molar-refractivity contribution is 0.0532. The number of aromatic amines is 1. The number of hydrogen-bond donors (Lipinski definition) is 3. The summed E-state index contributed by atoms with van der Waals surface area (Å²) in [5.41, 5.74) is 2.41. The Balaban J connectivity index is 0.000000142. The maximum atomic E-state index is 14.8. The molecule has 0 unspecified atom stereocenters. The summed E-state index contributed by atoms with van der Waals surface area (Å²) >= 11 is 11.2. The number of halogens is 7. The smallest absolute Gasteiger partial charge is 0.420 e. The van der Waals surface area contributed by atoms with Crippen LogP contribution in [0.3, 0.4) is 0 Å². The first kappa shape index (κ1) is 103. The van der Waals surface area contributed by atoms with Gasteiger partial charge in [-0.25, -0.2) is 84.3 Å². The highest BCUT2D eigenvalue weighted by Gasteiger charge is 2.33. The number of benzene rings is 5. The molecule has 13 aromatic heterocycles. The van der Waals surface area contributed by atoms with E-state index in [0.29, 0.717) is 54.0 Å². The Morgan fingerprint density at radius 2 is 0.655 bits per heavy atom. The second-order valence-electron chi connectivity index (χ2n) is 35.5. The van der Waals surface area contributed by atoms with Crippen LogP contribution in [-0.4, -0.2) is 150 Å². The largest absolute Gasteiger partial charge is 0.505 e. The number of nitrogens with one attached hydrogen (secondary N) is 1. The third-order valence-electron chi connectivity index (χ3n) is 20.8. The predicted molar refractivity (Wildman–Crippen MR) is 538 cm³/mol. The Labute approximate surface area is 837 Å². The summed E-state index contributed by atoms with van der Waals surface area (Å²) in [5.74, 6) is -7.22. The summed E-state index contributed by atoms with van der Waals surface area (Å²) in [6.07, 6.45) is 12.8. The molecule has 0 aliphatic heterocycles. The topological polar surface area (TPSA) is 342 Å². The lowest BCUT2D eigenvalue weighted by Crippen LogP contribution is -2.27. The molecule has 142 heavy (non-hydrogen) atoms. The first-order chi connectivity index (χ1) is 67.3. The van der Waals surface area contributed by atoms with Crippen molar-refractivity contribution >= 4 is 169 Å². The molecule has 0 aliphatic rings. The lowest BCUT2D eigenvalue weighted by atomic mass is 10.0. The number of pyridine rings is 5. The van der Waals surface area contributed by atoms with Crippen LogP contribution in [0.4, 0.5) is 41.1 Å². The molecular formula is C105H89Br2F5N10O17S3. The fraction of sp³-hybridized carbons (Fsp3) is 0.190. The van der Waals surface area contributed by atoms with Crippen molar-refractivity contribution in [3.8, 4) is 60.1 Å². The molecule has 0 amide bonds. The number of rotatable bonds is 16. The number of hydrogen-bond acceptors (Lipinski definition) is 25. The van der Waals surface area contributed by atoms with E-state index in [2.05, 4.69) is 61.8 Å². The first-order valence-electron chi connectivity index (χ1n) is 43.3. The van der Waals surface area contributed by atoms with E-state index in [1.807, 2.05) is 58.6 Å². The molecule has 728 valence electrons. The van der Waals surface area contributed by atoms with Crippen molar-refractivity contribution in [1.29, 1.82) is 0 Å². The minimum absolute atomic E-state index is 0.0322. The quantitative estimate of drug-likeness (QED) is 0.0459. The highest BCUT2D eigenvalue weighted by atomic mass is 79.9. The van der Waals surface area contributed by atoms with Crippen LogP contribution < -0.4 is 14.2 Å². The number of carbonyl (C=O) groups excluding carboxylic acids is 8. The molecule has 0 radical (unpaired) electrons. The number of ketones is 4. The number of carbonyl (C=O) groups is 8. The van der Waals surface area contributed by atoms with Crippen LogP contribution in [0.2, 0.25) is 0 Å². The Bertz CT molecular complexity index is 7900. The second-order valence-corrected chi connectivity index (χ2v) is 40.2. The molecule has 0 saturated carbocycles. The molecule has 3 N–H and O–H groups in total. The monoisotopic (exact) mass is 2110 g/mol. The Morgan fingerprint density at radius 1 is 0.345 bits per heavy atom. The normalized spacial score (nSPS) is 11.5. The molecule has 27 nitrogen and oxygen atoms in total. The van der Waals surface area contributed by atoms with Gasteiger partial charge in [0.05, 0.1) is 60.3 Å². The van der Waals surface area contributed by atoms with Gasteiger partial charge in [0, 0.05) is 141 Å². The van der Waals surface area contributed by atoms with Crippen LogP contribution in [0.25, 0.3) is 86.5 Å². The van der Waals surface area contributed by atoms with Crippen molar-refractivity contribution in [2.45, 2.75) is 112 Å². The number of ether oxygens (including phenoxy) is 7. The van der Waals surface area contributed by atoms with Gasteiger partial charge in [0.25, 0.3) is 0 Å². The van der Waals surface area contributed by atoms with Gasteiger partial charge in [-0.2, -0.15) is 0 Å². The number of thiophene rings is 3. The Kier molecular flexibility index (Phi) is 30.7. The Morgan fingerprint density at radius 3 is 1.02 bits per heavy atom. The van der Waals surface area contributed by atoms with Crippen molar-refractivity contribution in [3.63, 3.8) is 0 Å². The average molecular weight is 2110 g/mol. The van der Waals surface area contributed by atoms with E-state index in [-0.39, 0.29) is 79.6 Å². The van der Waals surface area contributed by atoms with Crippen LogP contribution in [0.5, 0.6) is 28.7 Å². The molecule has 0 bridgehead atoms. The molecule has 18 aromatic rings. The number of methoxy groups -OCH3 is 3. The van der Waals surface area contributed by atoms with Gasteiger partial charge in [0.15, 0.2) is 81.0 Å². The molecule has 37 heteroatoms. The highest BCUT2D eigenvalue weighted by Crippen LogP contribution is 2.39. The van der Waals surface area contributed by atoms with E-state index in [9.17, 15) is 70.5 Å². The molecule has 0 fully saturated rings. The van der Waals surface area contributed by atoms with Crippen LogP contribution in [0.15, 0.2) is 245 Å². The van der Waals surface area contributed by atoms with Crippen molar-refractivity contribution in [3.05, 3.63) is 330 Å². The number of H-pyrrole nitrogens is 1. The molecule has 0 spiro atoms. The van der Waals surface area contributed by atoms with Crippen LogP contribution in [0, 0.1) is 29.1 Å². The minimum atomic E-state index is -1.02. The van der Waals surface area contributed by atoms with Crippen molar-refractivity contribution in [2.24, 2.45) is 0 Å². The van der Waals surface area contributed by atoms with Crippen LogP contribution in [0.1, 0.15) is 158 Å². The highest BCUT2D eigenvalue weighted by molar-refractivity contribution is 9.10. The third kappa shape index (κ3) is 23.1.